The summed E-state index contributed by atoms with van der Waals surface area (Å²) in [6.45, 7) is 1.00. The Bertz CT molecular complexity index is 66.1. The summed E-state index contributed by atoms with van der Waals surface area (Å²) in [5.41, 5.74) is 0. The zero-order valence-corrected chi connectivity index (χ0v) is 8.23. The fourth-order valence-corrected chi connectivity index (χ4v) is 6.50. The van der Waals surface area contributed by atoms with Crippen molar-refractivity contribution in [2.75, 3.05) is 6.61 Å². The van der Waals surface area contributed by atoms with Crippen LogP contribution in [0.15, 0.2) is 0 Å². The average Bonchev–Trinajstić information content (AvgIpc) is 1.84. The molecule has 0 saturated carbocycles. The normalized spacial score (nSPS) is 51.1. The molecule has 1 fully saturated rings. The van der Waals surface area contributed by atoms with Gasteiger partial charge in [-0.1, -0.05) is 0 Å². The van der Waals surface area contributed by atoms with Crippen LogP contribution >= 0.6 is 12.8 Å². The van der Waals surface area contributed by atoms with Crippen LogP contribution < -0.4 is 0 Å². The molecular weight excluding hydrogens is 272 g/mol. The van der Waals surface area contributed by atoms with E-state index < -0.39 is 16.4 Å². The summed E-state index contributed by atoms with van der Waals surface area (Å²) in [7, 11) is 0. The molecule has 1 unspecified atom stereocenters. The number of rotatable bonds is 0. The van der Waals surface area contributed by atoms with E-state index in [2.05, 4.69) is 17.7 Å². The van der Waals surface area contributed by atoms with E-state index in [0.717, 1.165) is 6.61 Å². The van der Waals surface area contributed by atoms with Crippen LogP contribution in [0.4, 0.5) is 0 Å². The summed E-state index contributed by atoms with van der Waals surface area (Å²) in [5.74, 6) is 0. The van der Waals surface area contributed by atoms with Gasteiger partial charge >= 0.3 is 54.7 Å². The third kappa shape index (κ3) is 1.89. The second-order valence-electron chi connectivity index (χ2n) is 1.78. The Labute approximate surface area is 54.6 Å². The Morgan fingerprint density at radius 3 is 2.57 bits per heavy atom. The first-order valence-corrected chi connectivity index (χ1v) is 12.5. The number of hydrogen-bond donors (Lipinski definition) is 0. The number of hydrogen-bond acceptors (Lipinski definition) is 1. The van der Waals surface area contributed by atoms with E-state index in [1.807, 2.05) is 0 Å². The molecule has 1 heterocycles. The first kappa shape index (κ1) is 6.35. The molecule has 1 atom stereocenters. The van der Waals surface area contributed by atoms with Crippen LogP contribution in [0.5, 0.6) is 0 Å². The van der Waals surface area contributed by atoms with E-state index in [-0.39, 0.29) is 0 Å². The van der Waals surface area contributed by atoms with Crippen LogP contribution in [0.3, 0.4) is 0 Å². The molecule has 0 aromatic heterocycles. The predicted octanol–water partition coefficient (Wildman–Crippen LogP) is 1.87. The van der Waals surface area contributed by atoms with Gasteiger partial charge in [-0.3, -0.25) is 0 Å². The summed E-state index contributed by atoms with van der Waals surface area (Å²) in [6.07, 6.45) is 1.28. The molecule has 0 spiro atoms. The molecule has 0 amide bonds. The summed E-state index contributed by atoms with van der Waals surface area (Å²) < 4.78 is 6.78. The average molecular weight is 281 g/mol. The SMILES string of the molecule is C[Te]1(Br)CCCO1. The molecule has 1 aliphatic rings. The van der Waals surface area contributed by atoms with Crippen molar-refractivity contribution < 1.29 is 3.10 Å². The molecule has 3 heteroatoms. The summed E-state index contributed by atoms with van der Waals surface area (Å²) in [5, 5.41) is 0. The monoisotopic (exact) mass is 282 g/mol. The molecule has 0 aromatic rings. The molecule has 44 valence electrons. The van der Waals surface area contributed by atoms with E-state index in [1.165, 1.54) is 10.9 Å². The second kappa shape index (κ2) is 2.22. The van der Waals surface area contributed by atoms with Crippen molar-refractivity contribution in [3.05, 3.63) is 0 Å². The van der Waals surface area contributed by atoms with E-state index in [4.69, 9.17) is 3.10 Å². The summed E-state index contributed by atoms with van der Waals surface area (Å²) in [4.78, 5) is 2.25. The molecule has 0 radical (unpaired) electrons. The quantitative estimate of drug-likeness (QED) is 0.616. The van der Waals surface area contributed by atoms with Crippen molar-refractivity contribution in [1.29, 1.82) is 0 Å². The Kier molecular flexibility index (Phi) is 2.02. The van der Waals surface area contributed by atoms with E-state index >= 15 is 0 Å². The van der Waals surface area contributed by atoms with Gasteiger partial charge in [0.05, 0.1) is 0 Å². The minimum absolute atomic E-state index is 1.00. The molecule has 1 aliphatic heterocycles. The van der Waals surface area contributed by atoms with Crippen molar-refractivity contribution in [2.45, 2.75) is 15.9 Å². The fraction of sp³-hybridized carbons (Fsp3) is 1.00. The van der Waals surface area contributed by atoms with Gasteiger partial charge in [0.2, 0.25) is 0 Å². The van der Waals surface area contributed by atoms with E-state index in [1.54, 1.807) is 0 Å². The van der Waals surface area contributed by atoms with Crippen LogP contribution in [0.25, 0.3) is 0 Å². The third-order valence-corrected chi connectivity index (χ3v) is 9.19. The molecular formula is C4H9BrOTe. The van der Waals surface area contributed by atoms with Gasteiger partial charge in [-0.05, 0) is 0 Å². The Hall–Kier alpha value is 1.23. The van der Waals surface area contributed by atoms with Crippen molar-refractivity contribution in [2.24, 2.45) is 0 Å². The van der Waals surface area contributed by atoms with Crippen molar-refractivity contribution in [3.63, 3.8) is 0 Å². The fourth-order valence-electron chi connectivity index (χ4n) is 0.608. The molecule has 0 bridgehead atoms. The predicted molar refractivity (Wildman–Crippen MR) is 35.9 cm³/mol. The van der Waals surface area contributed by atoms with E-state index in [0.29, 0.717) is 0 Å². The van der Waals surface area contributed by atoms with Gasteiger partial charge in [0, 0.05) is 0 Å². The first-order valence-electron chi connectivity index (χ1n) is 2.31. The van der Waals surface area contributed by atoms with Crippen LogP contribution in [-0.4, -0.2) is 23.0 Å². The van der Waals surface area contributed by atoms with Crippen molar-refractivity contribution in [3.8, 4) is 0 Å². The minimum atomic E-state index is -1.68. The second-order valence-corrected chi connectivity index (χ2v) is 17.9. The Morgan fingerprint density at radius 2 is 2.43 bits per heavy atom. The molecule has 1 rings (SSSR count). The van der Waals surface area contributed by atoms with Gasteiger partial charge in [0.15, 0.2) is 0 Å². The van der Waals surface area contributed by atoms with Gasteiger partial charge in [-0.2, -0.15) is 0 Å². The zero-order valence-electron chi connectivity index (χ0n) is 4.32. The Morgan fingerprint density at radius 1 is 1.71 bits per heavy atom. The summed E-state index contributed by atoms with van der Waals surface area (Å²) >= 11 is 1.93. The first-order chi connectivity index (χ1) is 3.21. The maximum absolute atomic E-state index is 5.45. The zero-order chi connectivity index (χ0) is 5.33. The molecule has 0 N–H and O–H groups in total. The maximum atomic E-state index is 5.45. The van der Waals surface area contributed by atoms with Gasteiger partial charge < -0.3 is 0 Å². The summed E-state index contributed by atoms with van der Waals surface area (Å²) in [6, 6.07) is 0. The number of halogens is 1. The van der Waals surface area contributed by atoms with Gasteiger partial charge in [-0.25, -0.2) is 0 Å². The van der Waals surface area contributed by atoms with Crippen molar-refractivity contribution in [1.82, 2.24) is 0 Å². The molecule has 1 nitrogen and oxygen atoms in total. The standard InChI is InChI=1S/C4H9BrOTe/c1-7(5)4-2-3-6-7/h2-4H2,1H3. The molecule has 0 aromatic carbocycles. The van der Waals surface area contributed by atoms with Crippen LogP contribution in [0.2, 0.25) is 9.44 Å². The van der Waals surface area contributed by atoms with Crippen LogP contribution in [-0.2, 0) is 3.10 Å². The molecule has 0 aliphatic carbocycles. The van der Waals surface area contributed by atoms with Crippen molar-refractivity contribution >= 4 is 29.1 Å². The van der Waals surface area contributed by atoms with Crippen LogP contribution in [0.1, 0.15) is 6.42 Å². The van der Waals surface area contributed by atoms with Gasteiger partial charge in [0.25, 0.3) is 0 Å². The van der Waals surface area contributed by atoms with Gasteiger partial charge in [-0.15, -0.1) is 0 Å². The topological polar surface area (TPSA) is 9.23 Å². The van der Waals surface area contributed by atoms with Gasteiger partial charge in [0.1, 0.15) is 0 Å². The van der Waals surface area contributed by atoms with Crippen LogP contribution in [0, 0.1) is 0 Å². The molecule has 1 saturated heterocycles. The Balaban J connectivity index is 2.40. The van der Waals surface area contributed by atoms with E-state index in [9.17, 15) is 0 Å². The third-order valence-electron chi connectivity index (χ3n) is 0.982. The molecule has 7 heavy (non-hydrogen) atoms.